The van der Waals surface area contributed by atoms with E-state index in [1.54, 1.807) is 0 Å². The van der Waals surface area contributed by atoms with Crippen LogP contribution < -0.4 is 0 Å². The van der Waals surface area contributed by atoms with Crippen LogP contribution in [0.15, 0.2) is 36.5 Å². The third kappa shape index (κ3) is 6.75. The molecule has 1 aliphatic rings. The molecular weight excluding hydrogens is 599 g/mol. The van der Waals surface area contributed by atoms with E-state index in [0.717, 1.165) is 12.1 Å². The minimum atomic E-state index is -5.14. The normalized spacial score (nSPS) is 17.2. The second kappa shape index (κ2) is 12.1. The quantitative estimate of drug-likeness (QED) is 0.231. The Balaban J connectivity index is 1.73. The van der Waals surface area contributed by atoms with Crippen LogP contribution >= 0.6 is 11.6 Å². The fourth-order valence-corrected chi connectivity index (χ4v) is 5.30. The lowest BCUT2D eigenvalue weighted by atomic mass is 9.86. The first-order valence-corrected chi connectivity index (χ1v) is 12.8. The van der Waals surface area contributed by atoms with Crippen molar-refractivity contribution in [1.29, 1.82) is 0 Å². The van der Waals surface area contributed by atoms with Gasteiger partial charge in [0.05, 0.1) is 40.9 Å². The Morgan fingerprint density at radius 1 is 0.952 bits per heavy atom. The smallest absolute Gasteiger partial charge is 0.433 e. The number of alkyl halides is 3. The molecule has 2 aromatic carbocycles. The Hall–Kier alpha value is -3.94. The summed E-state index contributed by atoms with van der Waals surface area (Å²) in [6, 6.07) is 2.16. The first-order valence-electron chi connectivity index (χ1n) is 12.4. The number of ketones is 1. The van der Waals surface area contributed by atoms with Gasteiger partial charge in [0.2, 0.25) is 0 Å². The minimum Gasteiger partial charge on any atom is -0.481 e. The van der Waals surface area contributed by atoms with Gasteiger partial charge >= 0.3 is 12.1 Å². The molecule has 1 N–H and O–H groups in total. The molecule has 1 aliphatic carbocycles. The molecule has 0 unspecified atom stereocenters. The Labute approximate surface area is 238 Å². The number of hydrogen-bond donors (Lipinski definition) is 1. The van der Waals surface area contributed by atoms with Crippen LogP contribution in [0.3, 0.4) is 0 Å². The van der Waals surface area contributed by atoms with E-state index in [-0.39, 0.29) is 31.2 Å². The lowest BCUT2D eigenvalue weighted by Crippen LogP contribution is -2.37. The average molecular weight is 620 g/mol. The number of carboxylic acid groups (broad SMARTS) is 1. The van der Waals surface area contributed by atoms with Gasteiger partial charge in [-0.15, -0.1) is 0 Å². The molecule has 0 atom stereocenters. The zero-order valence-corrected chi connectivity index (χ0v) is 22.2. The van der Waals surface area contributed by atoms with Gasteiger partial charge in [0.1, 0.15) is 23.3 Å². The van der Waals surface area contributed by atoms with Crippen LogP contribution in [0.1, 0.15) is 63.7 Å². The van der Waals surface area contributed by atoms with E-state index in [1.165, 1.54) is 0 Å². The molecule has 0 aliphatic heterocycles. The topological polar surface area (TPSA) is 92.5 Å². The summed E-state index contributed by atoms with van der Waals surface area (Å²) in [4.78, 5) is 38.4. The number of benzene rings is 2. The summed E-state index contributed by atoms with van der Waals surface area (Å²) in [7, 11) is 0. The highest BCUT2D eigenvalue weighted by Gasteiger charge is 2.43. The van der Waals surface area contributed by atoms with Crippen molar-refractivity contribution in [2.45, 2.75) is 44.4 Å². The van der Waals surface area contributed by atoms with E-state index in [1.807, 2.05) is 0 Å². The van der Waals surface area contributed by atoms with Crippen molar-refractivity contribution in [1.82, 2.24) is 14.7 Å². The molecule has 0 saturated heterocycles. The summed E-state index contributed by atoms with van der Waals surface area (Å²) < 4.78 is 99.3. The molecule has 3 aromatic rings. The number of Topliss-reactive ketones (excluding diaryl/α,β-unsaturated/α-hetero) is 1. The molecule has 1 aromatic heterocycles. The van der Waals surface area contributed by atoms with Crippen LogP contribution in [-0.2, 0) is 17.5 Å². The molecule has 1 heterocycles. The molecule has 15 heteroatoms. The highest BCUT2D eigenvalue weighted by Crippen LogP contribution is 2.39. The maximum atomic E-state index is 14.4. The monoisotopic (exact) mass is 619 g/mol. The molecule has 42 heavy (non-hydrogen) atoms. The lowest BCUT2D eigenvalue weighted by molar-refractivity contribution is -0.147. The first kappa shape index (κ1) is 31.0. The summed E-state index contributed by atoms with van der Waals surface area (Å²) >= 11 is 5.81. The van der Waals surface area contributed by atoms with Crippen molar-refractivity contribution in [3.63, 3.8) is 0 Å². The molecule has 4 rings (SSSR count). The van der Waals surface area contributed by atoms with Crippen LogP contribution in [0.2, 0.25) is 5.02 Å². The number of aromatic nitrogens is 2. The second-order valence-electron chi connectivity index (χ2n) is 9.80. The fourth-order valence-electron chi connectivity index (χ4n) is 5.00. The number of carbonyl (C=O) groups is 3. The lowest BCUT2D eigenvalue weighted by Gasteiger charge is -2.28. The van der Waals surface area contributed by atoms with Gasteiger partial charge in [-0.25, -0.2) is 17.6 Å². The highest BCUT2D eigenvalue weighted by molar-refractivity contribution is 6.34. The number of amides is 1. The maximum Gasteiger partial charge on any atom is 0.433 e. The highest BCUT2D eigenvalue weighted by atomic mass is 35.5. The number of rotatable bonds is 8. The molecule has 7 nitrogen and oxygen atoms in total. The first-order chi connectivity index (χ1) is 19.6. The summed E-state index contributed by atoms with van der Waals surface area (Å²) in [6.07, 6.45) is -4.29. The molecule has 224 valence electrons. The van der Waals surface area contributed by atoms with Crippen LogP contribution in [-0.4, -0.2) is 44.0 Å². The number of nitrogens with zero attached hydrogens (tertiary/aromatic N) is 3. The van der Waals surface area contributed by atoms with Crippen molar-refractivity contribution in [2.75, 3.05) is 6.54 Å². The van der Waals surface area contributed by atoms with Crippen LogP contribution in [0.4, 0.5) is 30.7 Å². The Bertz CT molecular complexity index is 1490. The molecule has 1 amide bonds. The van der Waals surface area contributed by atoms with Gasteiger partial charge < -0.3 is 10.0 Å². The third-order valence-corrected chi connectivity index (χ3v) is 7.19. The zero-order valence-electron chi connectivity index (χ0n) is 21.4. The van der Waals surface area contributed by atoms with E-state index in [2.05, 4.69) is 5.10 Å². The van der Waals surface area contributed by atoms with Gasteiger partial charge in [0.15, 0.2) is 11.5 Å². The minimum absolute atomic E-state index is 0.0302. The summed E-state index contributed by atoms with van der Waals surface area (Å²) in [5.41, 5.74) is -3.56. The van der Waals surface area contributed by atoms with Crippen molar-refractivity contribution in [3.8, 4) is 0 Å². The largest absolute Gasteiger partial charge is 0.481 e. The summed E-state index contributed by atoms with van der Waals surface area (Å²) in [5.74, 6) is -9.12. The predicted octanol–water partition coefficient (Wildman–Crippen LogP) is 6.45. The van der Waals surface area contributed by atoms with E-state index in [0.29, 0.717) is 34.0 Å². The van der Waals surface area contributed by atoms with E-state index in [9.17, 15) is 50.2 Å². The predicted molar refractivity (Wildman–Crippen MR) is 133 cm³/mol. The van der Waals surface area contributed by atoms with Crippen molar-refractivity contribution >= 4 is 29.3 Å². The molecule has 1 fully saturated rings. The van der Waals surface area contributed by atoms with E-state index in [4.69, 9.17) is 11.6 Å². The molecule has 1 saturated carbocycles. The standard InChI is InChI=1S/C27H21ClF7N3O4/c28-20-8-17(31)9-21(32)23(20)22(39)12-37(11-13-5-15(29)7-16(30)6-13)25(40)19-10-36-38(24(19)27(33,34)35)18-3-1-14(2-4-18)26(41)42/h5-10,14,18H,1-4,11-12H2,(H,41,42)/t14-,18-. The third-order valence-electron chi connectivity index (χ3n) is 6.89. The van der Waals surface area contributed by atoms with Crippen LogP contribution in [0.5, 0.6) is 0 Å². The molecular formula is C27H21ClF7N3O4. The Kier molecular flexibility index (Phi) is 8.95. The summed E-state index contributed by atoms with van der Waals surface area (Å²) in [5, 5.41) is 12.3. The van der Waals surface area contributed by atoms with Crippen LogP contribution in [0, 0.1) is 29.2 Å². The van der Waals surface area contributed by atoms with Crippen molar-refractivity contribution in [3.05, 3.63) is 87.2 Å². The summed E-state index contributed by atoms with van der Waals surface area (Å²) in [6.45, 7) is -1.89. The SMILES string of the molecule is O=C(CN(Cc1cc(F)cc(F)c1)C(=O)c1cnn([C@H]2CC[C@H](C(=O)O)CC2)c1C(F)(F)F)c1c(F)cc(F)cc1Cl. The number of halogens is 8. The Morgan fingerprint density at radius 2 is 1.55 bits per heavy atom. The molecule has 0 bridgehead atoms. The zero-order chi connectivity index (χ0) is 30.9. The molecule has 0 spiro atoms. The number of hydrogen-bond acceptors (Lipinski definition) is 4. The van der Waals surface area contributed by atoms with Crippen LogP contribution in [0.25, 0.3) is 0 Å². The number of carbonyl (C=O) groups excluding carboxylic acids is 2. The van der Waals surface area contributed by atoms with Crippen molar-refractivity contribution in [2.24, 2.45) is 5.92 Å². The van der Waals surface area contributed by atoms with Gasteiger partial charge in [-0.05, 0) is 49.4 Å². The maximum absolute atomic E-state index is 14.4. The van der Waals surface area contributed by atoms with E-state index < -0.39 is 94.0 Å². The second-order valence-corrected chi connectivity index (χ2v) is 10.2. The Morgan fingerprint density at radius 3 is 2.10 bits per heavy atom. The fraction of sp³-hybridized carbons (Fsp3) is 0.333. The van der Waals surface area contributed by atoms with Gasteiger partial charge in [-0.3, -0.25) is 19.1 Å². The van der Waals surface area contributed by atoms with Gasteiger partial charge in [-0.2, -0.15) is 18.3 Å². The number of aliphatic carboxylic acids is 1. The van der Waals surface area contributed by atoms with E-state index >= 15 is 0 Å². The van der Waals surface area contributed by atoms with Gasteiger partial charge in [-0.1, -0.05) is 11.6 Å². The van der Waals surface area contributed by atoms with Crippen molar-refractivity contribution < 1.29 is 50.2 Å². The average Bonchev–Trinajstić information content (AvgIpc) is 3.33. The number of carboxylic acids is 1. The van der Waals surface area contributed by atoms with Gasteiger partial charge in [0.25, 0.3) is 5.91 Å². The molecule has 0 radical (unpaired) electrons. The van der Waals surface area contributed by atoms with Gasteiger partial charge in [0, 0.05) is 18.7 Å².